The maximum absolute atomic E-state index is 14.4. The third-order valence-corrected chi connectivity index (χ3v) is 8.64. The SMILES string of the molecule is COc1cccc([C@H]2c3[nH]c4ccccc4c3C[C@H]3C(=O)N(c4ccccc4C(=O)N[C@H](C)CCCC(C)C)C(=O)N23)c1. The van der Waals surface area contributed by atoms with E-state index in [1.807, 2.05) is 55.5 Å². The summed E-state index contributed by atoms with van der Waals surface area (Å²) in [6.07, 6.45) is 3.34. The first-order valence-electron chi connectivity index (χ1n) is 15.1. The molecule has 3 heterocycles. The molecule has 1 fully saturated rings. The third kappa shape index (κ3) is 5.15. The van der Waals surface area contributed by atoms with Crippen molar-refractivity contribution in [2.45, 2.75) is 64.6 Å². The second kappa shape index (κ2) is 11.6. The summed E-state index contributed by atoms with van der Waals surface area (Å²) < 4.78 is 5.52. The topological polar surface area (TPSA) is 94.7 Å². The number of benzene rings is 3. The summed E-state index contributed by atoms with van der Waals surface area (Å²) in [6.45, 7) is 6.37. The molecule has 222 valence electrons. The minimum atomic E-state index is -0.721. The van der Waals surface area contributed by atoms with Crippen LogP contribution in [0.4, 0.5) is 10.5 Å². The predicted molar refractivity (Wildman–Crippen MR) is 167 cm³/mol. The smallest absolute Gasteiger partial charge is 0.332 e. The van der Waals surface area contributed by atoms with E-state index in [2.05, 4.69) is 24.1 Å². The van der Waals surface area contributed by atoms with Gasteiger partial charge in [-0.2, -0.15) is 0 Å². The Morgan fingerprint density at radius 2 is 1.77 bits per heavy atom. The first kappa shape index (κ1) is 28.5. The Bertz CT molecular complexity index is 1690. The monoisotopic (exact) mass is 578 g/mol. The van der Waals surface area contributed by atoms with Gasteiger partial charge in [0, 0.05) is 29.1 Å². The molecule has 0 spiro atoms. The van der Waals surface area contributed by atoms with E-state index in [0.29, 0.717) is 29.3 Å². The fraction of sp³-hybridized carbons (Fsp3) is 0.343. The lowest BCUT2D eigenvalue weighted by molar-refractivity contribution is -0.120. The van der Waals surface area contributed by atoms with Gasteiger partial charge >= 0.3 is 6.03 Å². The van der Waals surface area contributed by atoms with Crippen LogP contribution in [0, 0.1) is 5.92 Å². The Labute approximate surface area is 252 Å². The molecule has 0 bridgehead atoms. The van der Waals surface area contributed by atoms with Gasteiger partial charge in [-0.3, -0.25) is 14.5 Å². The summed E-state index contributed by atoms with van der Waals surface area (Å²) in [4.78, 5) is 48.5. The highest BCUT2D eigenvalue weighted by Gasteiger charge is 2.53. The minimum absolute atomic E-state index is 0.0358. The summed E-state index contributed by atoms with van der Waals surface area (Å²) in [7, 11) is 1.61. The lowest BCUT2D eigenvalue weighted by Gasteiger charge is -2.36. The van der Waals surface area contributed by atoms with Gasteiger partial charge in [-0.1, -0.05) is 69.2 Å². The number of urea groups is 1. The van der Waals surface area contributed by atoms with E-state index >= 15 is 0 Å². The highest BCUT2D eigenvalue weighted by Crippen LogP contribution is 2.45. The maximum Gasteiger partial charge on any atom is 0.332 e. The molecule has 3 aromatic carbocycles. The van der Waals surface area contributed by atoms with Crippen LogP contribution in [0.2, 0.25) is 0 Å². The largest absolute Gasteiger partial charge is 0.497 e. The molecular formula is C35H38N4O4. The molecular weight excluding hydrogens is 540 g/mol. The van der Waals surface area contributed by atoms with Gasteiger partial charge in [0.15, 0.2) is 0 Å². The molecule has 2 N–H and O–H groups in total. The van der Waals surface area contributed by atoms with Crippen molar-refractivity contribution >= 4 is 34.4 Å². The molecule has 0 unspecified atom stereocenters. The Hall–Kier alpha value is -4.59. The van der Waals surface area contributed by atoms with Crippen LogP contribution in [-0.4, -0.2) is 46.9 Å². The number of amides is 4. The van der Waals surface area contributed by atoms with Gasteiger partial charge in [0.25, 0.3) is 11.8 Å². The number of carbonyl (C=O) groups excluding carboxylic acids is 3. The number of rotatable bonds is 9. The Balaban J connectivity index is 1.37. The van der Waals surface area contributed by atoms with Crippen LogP contribution in [0.5, 0.6) is 5.75 Å². The van der Waals surface area contributed by atoms with E-state index < -0.39 is 18.1 Å². The van der Waals surface area contributed by atoms with Gasteiger partial charge in [0.05, 0.1) is 18.4 Å². The summed E-state index contributed by atoms with van der Waals surface area (Å²) in [6, 6.07) is 20.7. The van der Waals surface area contributed by atoms with Gasteiger partial charge in [-0.25, -0.2) is 9.69 Å². The van der Waals surface area contributed by atoms with E-state index in [9.17, 15) is 14.4 Å². The predicted octanol–water partition coefficient (Wildman–Crippen LogP) is 6.60. The van der Waals surface area contributed by atoms with Gasteiger partial charge in [-0.15, -0.1) is 0 Å². The normalized spacial score (nSPS) is 18.6. The van der Waals surface area contributed by atoms with Crippen molar-refractivity contribution in [3.63, 3.8) is 0 Å². The Kier molecular flexibility index (Phi) is 7.69. The van der Waals surface area contributed by atoms with Crippen LogP contribution in [0.15, 0.2) is 72.8 Å². The molecule has 4 aromatic rings. The van der Waals surface area contributed by atoms with Crippen LogP contribution in [0.1, 0.15) is 73.3 Å². The zero-order valence-electron chi connectivity index (χ0n) is 25.1. The molecule has 0 radical (unpaired) electrons. The van der Waals surface area contributed by atoms with Crippen LogP contribution < -0.4 is 15.0 Å². The number of aromatic amines is 1. The highest BCUT2D eigenvalue weighted by atomic mass is 16.5. The molecule has 2 aliphatic rings. The molecule has 3 atom stereocenters. The average molecular weight is 579 g/mol. The molecule has 0 saturated carbocycles. The second-order valence-corrected chi connectivity index (χ2v) is 12.0. The van der Waals surface area contributed by atoms with Crippen molar-refractivity contribution in [2.75, 3.05) is 12.0 Å². The number of aromatic nitrogens is 1. The maximum atomic E-state index is 14.4. The number of anilines is 1. The quantitative estimate of drug-likeness (QED) is 0.219. The fourth-order valence-corrected chi connectivity index (χ4v) is 6.52. The number of hydrogen-bond donors (Lipinski definition) is 2. The van der Waals surface area contributed by atoms with E-state index in [1.165, 1.54) is 4.90 Å². The van der Waals surface area contributed by atoms with Crippen LogP contribution in [0.25, 0.3) is 10.9 Å². The molecule has 6 rings (SSSR count). The van der Waals surface area contributed by atoms with Gasteiger partial charge in [0.2, 0.25) is 0 Å². The van der Waals surface area contributed by atoms with Crippen molar-refractivity contribution in [1.29, 1.82) is 0 Å². The highest BCUT2D eigenvalue weighted by molar-refractivity contribution is 6.24. The molecule has 8 nitrogen and oxygen atoms in total. The van der Waals surface area contributed by atoms with Crippen molar-refractivity contribution in [3.05, 3.63) is 95.2 Å². The van der Waals surface area contributed by atoms with Gasteiger partial charge in [-0.05, 0) is 60.7 Å². The summed E-state index contributed by atoms with van der Waals surface area (Å²) in [5.74, 6) is 0.643. The number of hydrogen-bond acceptors (Lipinski definition) is 4. The molecule has 2 aliphatic heterocycles. The number of nitrogens with zero attached hydrogens (tertiary/aromatic N) is 2. The van der Waals surface area contributed by atoms with Gasteiger partial charge < -0.3 is 15.0 Å². The number of para-hydroxylation sites is 2. The zero-order chi connectivity index (χ0) is 30.2. The van der Waals surface area contributed by atoms with Crippen LogP contribution in [-0.2, 0) is 11.2 Å². The third-order valence-electron chi connectivity index (χ3n) is 8.64. The molecule has 8 heteroatoms. The lowest BCUT2D eigenvalue weighted by Crippen LogP contribution is -2.44. The number of imide groups is 1. The van der Waals surface area contributed by atoms with E-state index in [4.69, 9.17) is 4.74 Å². The fourth-order valence-electron chi connectivity index (χ4n) is 6.52. The Morgan fingerprint density at radius 3 is 2.56 bits per heavy atom. The van der Waals surface area contributed by atoms with Gasteiger partial charge in [0.1, 0.15) is 17.8 Å². The first-order valence-corrected chi connectivity index (χ1v) is 15.1. The van der Waals surface area contributed by atoms with Crippen LogP contribution >= 0.6 is 0 Å². The second-order valence-electron chi connectivity index (χ2n) is 12.0. The first-order chi connectivity index (χ1) is 20.8. The molecule has 1 aromatic heterocycles. The van der Waals surface area contributed by atoms with Crippen molar-refractivity contribution < 1.29 is 19.1 Å². The molecule has 1 saturated heterocycles. The number of fused-ring (bicyclic) bond motifs is 4. The zero-order valence-corrected chi connectivity index (χ0v) is 25.1. The minimum Gasteiger partial charge on any atom is -0.497 e. The number of carbonyl (C=O) groups is 3. The standard InChI is InChI=1S/C35H38N4O4/c1-21(2)11-9-12-22(3)36-33(40)26-16-6-8-18-29(26)39-34(41)30-20-27-25-15-5-7-17-28(25)37-31(27)32(38(30)35(39)42)23-13-10-14-24(19-23)43-4/h5-8,10,13-19,21-22,30,32,37H,9,11-12,20H2,1-4H3,(H,36,40)/t22-,30+,32+/m1/s1. The number of ether oxygens (including phenoxy) is 1. The summed E-state index contributed by atoms with van der Waals surface area (Å²) in [5.41, 5.74) is 4.31. The van der Waals surface area contributed by atoms with E-state index in [-0.39, 0.29) is 17.9 Å². The van der Waals surface area contributed by atoms with Crippen molar-refractivity contribution in [1.82, 2.24) is 15.2 Å². The van der Waals surface area contributed by atoms with Crippen LogP contribution in [0.3, 0.4) is 0 Å². The molecule has 0 aliphatic carbocycles. The average Bonchev–Trinajstić information content (AvgIpc) is 3.49. The number of H-pyrrole nitrogens is 1. The van der Waals surface area contributed by atoms with E-state index in [1.54, 1.807) is 36.3 Å². The molecule has 4 amide bonds. The number of nitrogens with one attached hydrogen (secondary N) is 2. The van der Waals surface area contributed by atoms with E-state index in [0.717, 1.165) is 47.0 Å². The Morgan fingerprint density at radius 1 is 1.00 bits per heavy atom. The number of methoxy groups -OCH3 is 1. The lowest BCUT2D eigenvalue weighted by atomic mass is 9.89. The van der Waals surface area contributed by atoms with Crippen molar-refractivity contribution in [2.24, 2.45) is 5.92 Å². The summed E-state index contributed by atoms with van der Waals surface area (Å²) in [5, 5.41) is 4.12. The molecule has 43 heavy (non-hydrogen) atoms. The van der Waals surface area contributed by atoms with Crippen molar-refractivity contribution in [3.8, 4) is 5.75 Å². The summed E-state index contributed by atoms with van der Waals surface area (Å²) >= 11 is 0.